The first-order valence-corrected chi connectivity index (χ1v) is 7.94. The van der Waals surface area contributed by atoms with Gasteiger partial charge in [-0.1, -0.05) is 18.2 Å². The van der Waals surface area contributed by atoms with E-state index >= 15 is 0 Å². The predicted octanol–water partition coefficient (Wildman–Crippen LogP) is 2.08. The Morgan fingerprint density at radius 2 is 1.84 bits per heavy atom. The van der Waals surface area contributed by atoms with Gasteiger partial charge in [-0.2, -0.15) is 0 Å². The maximum Gasteiger partial charge on any atom is 0.258 e. The van der Waals surface area contributed by atoms with E-state index in [-0.39, 0.29) is 17.2 Å². The topological polar surface area (TPSA) is 65.3 Å². The van der Waals surface area contributed by atoms with Crippen LogP contribution in [0, 0.1) is 0 Å². The van der Waals surface area contributed by atoms with Crippen LogP contribution in [0.4, 0.5) is 0 Å². The fourth-order valence-electron chi connectivity index (χ4n) is 2.56. The average Bonchev–Trinajstić information content (AvgIpc) is 3.15. The normalized spacial score (nSPS) is 10.4. The van der Waals surface area contributed by atoms with E-state index in [4.69, 9.17) is 4.74 Å². The van der Waals surface area contributed by atoms with E-state index in [1.165, 1.54) is 23.9 Å². The molecule has 0 bridgehead atoms. The third kappa shape index (κ3) is 3.80. The minimum atomic E-state index is -0.284. The van der Waals surface area contributed by atoms with Gasteiger partial charge >= 0.3 is 0 Å². The van der Waals surface area contributed by atoms with E-state index in [0.29, 0.717) is 24.3 Å². The van der Waals surface area contributed by atoms with Gasteiger partial charge in [-0.25, -0.2) is 0 Å². The quantitative estimate of drug-likeness (QED) is 0.749. The van der Waals surface area contributed by atoms with Crippen LogP contribution in [-0.4, -0.2) is 28.7 Å². The van der Waals surface area contributed by atoms with E-state index in [9.17, 15) is 9.59 Å². The Morgan fingerprint density at radius 3 is 2.52 bits per heavy atom. The number of hydrogen-bond donors (Lipinski definition) is 1. The first-order valence-electron chi connectivity index (χ1n) is 7.94. The second kappa shape index (κ2) is 7.53. The number of hydrogen-bond acceptors (Lipinski definition) is 3. The number of carbonyl (C=O) groups is 1. The molecule has 0 spiro atoms. The molecule has 0 atom stereocenters. The molecule has 2 aromatic heterocycles. The van der Waals surface area contributed by atoms with E-state index in [0.717, 1.165) is 0 Å². The van der Waals surface area contributed by atoms with Crippen molar-refractivity contribution in [1.82, 2.24) is 14.5 Å². The summed E-state index contributed by atoms with van der Waals surface area (Å²) in [5, 5.41) is 2.85. The maximum atomic E-state index is 12.5. The highest BCUT2D eigenvalue weighted by molar-refractivity contribution is 5.96. The molecule has 1 N–H and O–H groups in total. The minimum absolute atomic E-state index is 0.257. The molecule has 0 aliphatic heterocycles. The van der Waals surface area contributed by atoms with Gasteiger partial charge in [-0.15, -0.1) is 0 Å². The van der Waals surface area contributed by atoms with Gasteiger partial charge in [-0.05, 0) is 24.3 Å². The van der Waals surface area contributed by atoms with Crippen molar-refractivity contribution in [2.75, 3.05) is 13.7 Å². The van der Waals surface area contributed by atoms with E-state index in [1.807, 2.05) is 59.4 Å². The average molecular weight is 337 g/mol. The third-order valence-corrected chi connectivity index (χ3v) is 3.84. The van der Waals surface area contributed by atoms with E-state index < -0.39 is 0 Å². The molecule has 0 fully saturated rings. The molecule has 0 aliphatic rings. The fraction of sp³-hybridized carbons (Fsp3) is 0.158. The maximum absolute atomic E-state index is 12.5. The summed E-state index contributed by atoms with van der Waals surface area (Å²) in [6.45, 7) is 1.14. The lowest BCUT2D eigenvalue weighted by atomic mass is 10.2. The highest BCUT2D eigenvalue weighted by atomic mass is 16.5. The molecule has 128 valence electrons. The van der Waals surface area contributed by atoms with E-state index in [1.54, 1.807) is 0 Å². The van der Waals surface area contributed by atoms with Gasteiger partial charge in [0.2, 0.25) is 0 Å². The largest absolute Gasteiger partial charge is 0.496 e. The summed E-state index contributed by atoms with van der Waals surface area (Å²) in [4.78, 5) is 24.8. The van der Waals surface area contributed by atoms with Crippen LogP contribution >= 0.6 is 0 Å². The second-order valence-electron chi connectivity index (χ2n) is 5.48. The number of nitrogens with zero attached hydrogens (tertiary/aromatic N) is 2. The molecule has 0 radical (unpaired) electrons. The summed E-state index contributed by atoms with van der Waals surface area (Å²) < 4.78 is 8.62. The summed E-state index contributed by atoms with van der Waals surface area (Å²) in [6.07, 6.45) is 5.38. The highest BCUT2D eigenvalue weighted by Crippen LogP contribution is 2.17. The minimum Gasteiger partial charge on any atom is -0.496 e. The standard InChI is InChI=1S/C19H19N3O3/c1-25-17-13-18(23)22(15-7-3-2-4-8-15)14-16(17)19(24)20-9-12-21-10-5-6-11-21/h2-8,10-11,13-14H,9,12H2,1H3,(H,20,24). The van der Waals surface area contributed by atoms with Gasteiger partial charge in [0, 0.05) is 43.4 Å². The summed E-state index contributed by atoms with van der Waals surface area (Å²) >= 11 is 0. The number of aromatic nitrogens is 2. The molecular formula is C19H19N3O3. The van der Waals surface area contributed by atoms with Crippen LogP contribution < -0.4 is 15.6 Å². The number of nitrogens with one attached hydrogen (secondary N) is 1. The van der Waals surface area contributed by atoms with Gasteiger partial charge < -0.3 is 14.6 Å². The van der Waals surface area contributed by atoms with Crippen LogP contribution in [0.15, 0.2) is 71.9 Å². The number of ether oxygens (including phenoxy) is 1. The molecule has 6 nitrogen and oxygen atoms in total. The van der Waals surface area contributed by atoms with Gasteiger partial charge in [0.25, 0.3) is 11.5 Å². The number of methoxy groups -OCH3 is 1. The lowest BCUT2D eigenvalue weighted by Crippen LogP contribution is -2.29. The molecule has 1 amide bonds. The van der Waals surface area contributed by atoms with Crippen molar-refractivity contribution in [1.29, 1.82) is 0 Å². The van der Waals surface area contributed by atoms with Crippen molar-refractivity contribution < 1.29 is 9.53 Å². The lowest BCUT2D eigenvalue weighted by molar-refractivity contribution is 0.0948. The first-order chi connectivity index (χ1) is 12.2. The van der Waals surface area contributed by atoms with Crippen molar-refractivity contribution in [2.45, 2.75) is 6.54 Å². The zero-order chi connectivity index (χ0) is 17.6. The highest BCUT2D eigenvalue weighted by Gasteiger charge is 2.15. The van der Waals surface area contributed by atoms with Gasteiger partial charge in [0.1, 0.15) is 5.75 Å². The van der Waals surface area contributed by atoms with Crippen LogP contribution in [0.1, 0.15) is 10.4 Å². The summed E-state index contributed by atoms with van der Waals surface area (Å²) in [5.74, 6) is -0.0238. The molecule has 0 saturated carbocycles. The van der Waals surface area contributed by atoms with Crippen LogP contribution in [-0.2, 0) is 6.54 Å². The number of pyridine rings is 1. The molecule has 0 aliphatic carbocycles. The third-order valence-electron chi connectivity index (χ3n) is 3.84. The number of benzene rings is 1. The molecular weight excluding hydrogens is 318 g/mol. The monoisotopic (exact) mass is 337 g/mol. The lowest BCUT2D eigenvalue weighted by Gasteiger charge is -2.13. The Bertz CT molecular complexity index is 899. The second-order valence-corrected chi connectivity index (χ2v) is 5.48. The van der Waals surface area contributed by atoms with Crippen LogP contribution in [0.3, 0.4) is 0 Å². The Balaban J connectivity index is 1.83. The molecule has 2 heterocycles. The molecule has 6 heteroatoms. The number of rotatable bonds is 6. The van der Waals surface area contributed by atoms with E-state index in [2.05, 4.69) is 5.32 Å². The molecule has 3 rings (SSSR count). The summed E-state index contributed by atoms with van der Waals surface area (Å²) in [5.41, 5.74) is 0.752. The van der Waals surface area contributed by atoms with Crippen LogP contribution in [0.2, 0.25) is 0 Å². The van der Waals surface area contributed by atoms with Gasteiger partial charge in [-0.3, -0.25) is 14.2 Å². The Labute approximate surface area is 145 Å². The van der Waals surface area contributed by atoms with Crippen molar-refractivity contribution in [3.8, 4) is 11.4 Å². The smallest absolute Gasteiger partial charge is 0.258 e. The first kappa shape index (κ1) is 16.6. The molecule has 1 aromatic carbocycles. The SMILES string of the molecule is COc1cc(=O)n(-c2ccccc2)cc1C(=O)NCCn1cccc1. The summed E-state index contributed by atoms with van der Waals surface area (Å²) in [6, 6.07) is 14.3. The Hall–Kier alpha value is -3.28. The van der Waals surface area contributed by atoms with Crippen molar-refractivity contribution in [2.24, 2.45) is 0 Å². The predicted molar refractivity (Wildman–Crippen MR) is 95.4 cm³/mol. The van der Waals surface area contributed by atoms with Gasteiger partial charge in [0.05, 0.1) is 12.7 Å². The number of amides is 1. The van der Waals surface area contributed by atoms with Crippen LogP contribution in [0.25, 0.3) is 5.69 Å². The van der Waals surface area contributed by atoms with Gasteiger partial charge in [0.15, 0.2) is 0 Å². The van der Waals surface area contributed by atoms with Crippen molar-refractivity contribution in [3.05, 3.63) is 83.0 Å². The Kier molecular flexibility index (Phi) is 4.99. The molecule has 25 heavy (non-hydrogen) atoms. The number of carbonyl (C=O) groups excluding carboxylic acids is 1. The zero-order valence-electron chi connectivity index (χ0n) is 13.9. The zero-order valence-corrected chi connectivity index (χ0v) is 13.9. The van der Waals surface area contributed by atoms with Crippen molar-refractivity contribution in [3.63, 3.8) is 0 Å². The Morgan fingerprint density at radius 1 is 1.12 bits per heavy atom. The molecule has 3 aromatic rings. The fourth-order valence-corrected chi connectivity index (χ4v) is 2.56. The molecule has 0 unspecified atom stereocenters. The number of para-hydroxylation sites is 1. The van der Waals surface area contributed by atoms with Crippen molar-refractivity contribution >= 4 is 5.91 Å². The molecule has 0 saturated heterocycles. The summed E-state index contributed by atoms with van der Waals surface area (Å²) in [7, 11) is 1.44. The van der Waals surface area contributed by atoms with Crippen LogP contribution in [0.5, 0.6) is 5.75 Å².